The van der Waals surface area contributed by atoms with Crippen molar-refractivity contribution < 1.29 is 27.8 Å². The van der Waals surface area contributed by atoms with E-state index >= 15 is 0 Å². The molecule has 260 valence electrons. The number of aromatic amines is 1. The van der Waals surface area contributed by atoms with E-state index in [1.54, 1.807) is 0 Å². The minimum atomic E-state index is -4.52. The Labute approximate surface area is 283 Å². The van der Waals surface area contributed by atoms with Gasteiger partial charge < -0.3 is 24.6 Å². The molecule has 2 saturated carbocycles. The van der Waals surface area contributed by atoms with Crippen LogP contribution in [0.5, 0.6) is 0 Å². The fraction of sp³-hybridized carbons (Fsp3) is 0.514. The van der Waals surface area contributed by atoms with Crippen molar-refractivity contribution in [1.82, 2.24) is 19.9 Å². The van der Waals surface area contributed by atoms with E-state index in [2.05, 4.69) is 19.8 Å². The molecule has 1 saturated heterocycles. The first-order valence-electron chi connectivity index (χ1n) is 17.4. The average molecular weight is 677 g/mol. The summed E-state index contributed by atoms with van der Waals surface area (Å²) < 4.78 is 48.6. The van der Waals surface area contributed by atoms with Crippen LogP contribution in [0.25, 0.3) is 33.8 Å². The number of imidazole rings is 1. The molecule has 3 fully saturated rings. The minimum Gasteiger partial charge on any atom is -0.481 e. The van der Waals surface area contributed by atoms with E-state index in [1.165, 1.54) is 12.3 Å². The normalized spacial score (nSPS) is 18.3. The number of carboxylic acid groups (broad SMARTS) is 1. The fourth-order valence-electron chi connectivity index (χ4n) is 7.68. The van der Waals surface area contributed by atoms with Crippen LogP contribution in [0, 0.1) is 11.3 Å². The topological polar surface area (TPSA) is 107 Å². The first kappa shape index (κ1) is 33.3. The summed E-state index contributed by atoms with van der Waals surface area (Å²) in [6.45, 7) is 5.39. The van der Waals surface area contributed by atoms with Crippen LogP contribution < -0.4 is 9.80 Å². The monoisotopic (exact) mass is 676 g/mol. The molecule has 4 aromatic rings. The molecule has 49 heavy (non-hydrogen) atoms. The van der Waals surface area contributed by atoms with Gasteiger partial charge in [-0.3, -0.25) is 9.78 Å². The van der Waals surface area contributed by atoms with Gasteiger partial charge in [0.25, 0.3) is 0 Å². The lowest BCUT2D eigenvalue weighted by Crippen LogP contribution is -2.37. The molecular formula is C37H43F3N6O3. The molecule has 12 heteroatoms. The summed E-state index contributed by atoms with van der Waals surface area (Å²) in [5, 5.41) is 9.36. The minimum absolute atomic E-state index is 0.0188. The molecule has 2 N–H and O–H groups in total. The van der Waals surface area contributed by atoms with E-state index in [4.69, 9.17) is 14.7 Å². The van der Waals surface area contributed by atoms with Crippen LogP contribution in [0.15, 0.2) is 42.6 Å². The highest BCUT2D eigenvalue weighted by molar-refractivity contribution is 5.91. The lowest BCUT2D eigenvalue weighted by molar-refractivity contribution is -0.142. The van der Waals surface area contributed by atoms with Gasteiger partial charge >= 0.3 is 12.1 Å². The smallest absolute Gasteiger partial charge is 0.418 e. The fourth-order valence-corrected chi connectivity index (χ4v) is 7.68. The Morgan fingerprint density at radius 3 is 2.41 bits per heavy atom. The van der Waals surface area contributed by atoms with Crippen LogP contribution in [0.4, 0.5) is 24.5 Å². The Balaban J connectivity index is 1.25. The second-order valence-electron chi connectivity index (χ2n) is 14.1. The number of H-pyrrole nitrogens is 1. The zero-order chi connectivity index (χ0) is 34.3. The lowest BCUT2D eigenvalue weighted by atomic mass is 9.86. The quantitative estimate of drug-likeness (QED) is 0.165. The number of aromatic nitrogens is 4. The van der Waals surface area contributed by atoms with E-state index < -0.39 is 17.7 Å². The van der Waals surface area contributed by atoms with Gasteiger partial charge in [-0.15, -0.1) is 0 Å². The van der Waals surface area contributed by atoms with Crippen molar-refractivity contribution in [1.29, 1.82) is 0 Å². The first-order chi connectivity index (χ1) is 23.5. The van der Waals surface area contributed by atoms with E-state index in [0.29, 0.717) is 67.4 Å². The largest absolute Gasteiger partial charge is 0.481 e. The molecule has 0 radical (unpaired) electrons. The molecule has 0 atom stereocenters. The summed E-state index contributed by atoms with van der Waals surface area (Å²) in [6.07, 6.45) is 4.04. The Morgan fingerprint density at radius 1 is 1.06 bits per heavy atom. The molecule has 3 aliphatic rings. The van der Waals surface area contributed by atoms with Crippen molar-refractivity contribution in [3.05, 3.63) is 53.9 Å². The number of nitrogens with zero attached hydrogens (tertiary/aromatic N) is 5. The molecule has 9 nitrogen and oxygen atoms in total. The van der Waals surface area contributed by atoms with E-state index in [9.17, 15) is 23.1 Å². The van der Waals surface area contributed by atoms with Crippen LogP contribution in [0.2, 0.25) is 0 Å². The summed E-state index contributed by atoms with van der Waals surface area (Å²) in [6, 6.07) is 11.0. The SMILES string of the molecule is CCOCC1(CN(C)c2cc(-c3cnc(C4CC4)c(C(F)(F)F)c3)nc3nc(-c4ccc(N5CCC(C(=O)O)CC5)cc4)[nH]c23)CCCC1. The third-order valence-corrected chi connectivity index (χ3v) is 10.5. The summed E-state index contributed by atoms with van der Waals surface area (Å²) in [7, 11) is 2.02. The van der Waals surface area contributed by atoms with Gasteiger partial charge in [-0.1, -0.05) is 12.8 Å². The van der Waals surface area contributed by atoms with Crippen LogP contribution in [0.3, 0.4) is 0 Å². The maximum atomic E-state index is 14.2. The molecule has 4 heterocycles. The summed E-state index contributed by atoms with van der Waals surface area (Å²) in [5.41, 5.74) is 3.89. The van der Waals surface area contributed by atoms with Gasteiger partial charge in [0.2, 0.25) is 0 Å². The van der Waals surface area contributed by atoms with Gasteiger partial charge in [0.15, 0.2) is 5.65 Å². The first-order valence-corrected chi connectivity index (χ1v) is 17.4. The highest BCUT2D eigenvalue weighted by Crippen LogP contribution is 2.46. The molecule has 0 amide bonds. The predicted molar refractivity (Wildman–Crippen MR) is 183 cm³/mol. The van der Waals surface area contributed by atoms with Crippen molar-refractivity contribution in [3.8, 4) is 22.6 Å². The number of anilines is 2. The number of nitrogens with one attached hydrogen (secondary N) is 1. The second kappa shape index (κ2) is 13.3. The highest BCUT2D eigenvalue weighted by atomic mass is 19.4. The van der Waals surface area contributed by atoms with Gasteiger partial charge in [-0.05, 0) is 81.8 Å². The number of hydrogen-bond acceptors (Lipinski definition) is 7. The van der Waals surface area contributed by atoms with Gasteiger partial charge in [0, 0.05) is 67.6 Å². The molecule has 1 aliphatic heterocycles. The number of benzene rings is 1. The van der Waals surface area contributed by atoms with Crippen LogP contribution in [-0.4, -0.2) is 70.9 Å². The van der Waals surface area contributed by atoms with Gasteiger partial charge in [-0.25, -0.2) is 9.97 Å². The molecule has 2 aliphatic carbocycles. The number of carboxylic acids is 1. The zero-order valence-corrected chi connectivity index (χ0v) is 28.0. The van der Waals surface area contributed by atoms with Gasteiger partial charge in [-0.2, -0.15) is 13.2 Å². The van der Waals surface area contributed by atoms with E-state index in [1.807, 2.05) is 44.3 Å². The highest BCUT2D eigenvalue weighted by Gasteiger charge is 2.40. The number of alkyl halides is 3. The van der Waals surface area contributed by atoms with Crippen molar-refractivity contribution >= 4 is 28.5 Å². The number of carbonyl (C=O) groups is 1. The van der Waals surface area contributed by atoms with E-state index in [0.717, 1.165) is 62.0 Å². The zero-order valence-electron chi connectivity index (χ0n) is 28.0. The third-order valence-electron chi connectivity index (χ3n) is 10.5. The third kappa shape index (κ3) is 6.97. The molecular weight excluding hydrogens is 633 g/mol. The Hall–Kier alpha value is -4.19. The van der Waals surface area contributed by atoms with Crippen molar-refractivity contribution in [2.45, 2.75) is 70.4 Å². The second-order valence-corrected chi connectivity index (χ2v) is 14.1. The molecule has 7 rings (SSSR count). The Morgan fingerprint density at radius 2 is 1.78 bits per heavy atom. The number of piperidine rings is 1. The number of hydrogen-bond donors (Lipinski definition) is 2. The van der Waals surface area contributed by atoms with Crippen molar-refractivity contribution in [3.63, 3.8) is 0 Å². The lowest BCUT2D eigenvalue weighted by Gasteiger charge is -2.34. The number of ether oxygens (including phenoxy) is 1. The summed E-state index contributed by atoms with van der Waals surface area (Å²) in [5.74, 6) is -0.576. The predicted octanol–water partition coefficient (Wildman–Crippen LogP) is 7.92. The molecule has 0 bridgehead atoms. The number of pyridine rings is 2. The maximum absolute atomic E-state index is 14.2. The number of rotatable bonds is 11. The number of halogens is 3. The van der Waals surface area contributed by atoms with Crippen LogP contribution in [-0.2, 0) is 15.7 Å². The maximum Gasteiger partial charge on any atom is 0.418 e. The van der Waals surface area contributed by atoms with Crippen molar-refractivity contribution in [2.75, 3.05) is 49.7 Å². The van der Waals surface area contributed by atoms with E-state index in [-0.39, 0.29) is 22.9 Å². The van der Waals surface area contributed by atoms with Crippen molar-refractivity contribution in [2.24, 2.45) is 11.3 Å². The molecule has 0 unspecified atom stereocenters. The molecule has 0 spiro atoms. The number of fused-ring (bicyclic) bond motifs is 1. The number of aliphatic carboxylic acids is 1. The van der Waals surface area contributed by atoms with Gasteiger partial charge in [0.05, 0.1) is 35.2 Å². The molecule has 3 aromatic heterocycles. The Kier molecular flexibility index (Phi) is 9.02. The summed E-state index contributed by atoms with van der Waals surface area (Å²) >= 11 is 0. The summed E-state index contributed by atoms with van der Waals surface area (Å²) in [4.78, 5) is 33.2. The Bertz CT molecular complexity index is 1810. The van der Waals surface area contributed by atoms with Crippen LogP contribution >= 0.6 is 0 Å². The molecule has 1 aromatic carbocycles. The van der Waals surface area contributed by atoms with Gasteiger partial charge in [0.1, 0.15) is 11.3 Å². The standard InChI is InChI=1S/C37H43F3N6O3/c1-3-49-22-36(14-4-5-15-36)21-45(2)30-19-29(26-18-28(37(38,39)40)31(41-20-26)23-6-7-23)42-34-32(30)43-33(44-34)24-8-10-27(11-9-24)46-16-12-25(13-17-46)35(47)48/h8-11,18-20,23,25H,3-7,12-17,21-22H2,1-2H3,(H,47,48)(H,42,43,44). The van der Waals surface area contributed by atoms with Crippen LogP contribution in [0.1, 0.15) is 75.5 Å². The average Bonchev–Trinajstić information content (AvgIpc) is 3.69.